The molecule has 2 unspecified atom stereocenters. The van der Waals surface area contributed by atoms with Crippen molar-refractivity contribution >= 4 is 18.0 Å². The van der Waals surface area contributed by atoms with Crippen LogP contribution >= 0.6 is 0 Å². The van der Waals surface area contributed by atoms with Gasteiger partial charge in [0.1, 0.15) is 18.2 Å². The van der Waals surface area contributed by atoms with E-state index in [0.717, 1.165) is 11.1 Å². The standard InChI is InChI=1S/C14H20N2O3/c1-8-9-5-15-7-11(17)10(9)6-16-12(8)13(18)19-14(2,3)4/h5,8,12,16H,6-7H2,1-4H3. The molecule has 0 spiro atoms. The number of carbonyl (C=O) groups excluding carboxylic acids is 2. The summed E-state index contributed by atoms with van der Waals surface area (Å²) in [5.74, 6) is -0.343. The summed E-state index contributed by atoms with van der Waals surface area (Å²) in [6, 6.07) is -0.421. The molecule has 0 radical (unpaired) electrons. The Labute approximate surface area is 113 Å². The lowest BCUT2D eigenvalue weighted by atomic mass is 9.84. The van der Waals surface area contributed by atoms with Gasteiger partial charge < -0.3 is 4.74 Å². The van der Waals surface area contributed by atoms with Gasteiger partial charge in [-0.15, -0.1) is 0 Å². The van der Waals surface area contributed by atoms with Gasteiger partial charge in [-0.1, -0.05) is 6.92 Å². The Bertz CT molecular complexity index is 472. The molecule has 0 aliphatic carbocycles. The Balaban J connectivity index is 2.18. The molecule has 2 aliphatic heterocycles. The summed E-state index contributed by atoms with van der Waals surface area (Å²) in [6.07, 6.45) is 1.72. The fourth-order valence-electron chi connectivity index (χ4n) is 2.38. The molecule has 0 saturated carbocycles. The molecule has 0 aromatic heterocycles. The molecular formula is C14H20N2O3. The topological polar surface area (TPSA) is 67.8 Å². The van der Waals surface area contributed by atoms with Crippen LogP contribution in [0.3, 0.4) is 0 Å². The van der Waals surface area contributed by atoms with E-state index >= 15 is 0 Å². The van der Waals surface area contributed by atoms with Gasteiger partial charge in [-0.25, -0.2) is 0 Å². The first-order valence-electron chi connectivity index (χ1n) is 6.52. The molecule has 2 atom stereocenters. The smallest absolute Gasteiger partial charge is 0.324 e. The van der Waals surface area contributed by atoms with E-state index in [0.29, 0.717) is 6.54 Å². The lowest BCUT2D eigenvalue weighted by Gasteiger charge is -2.34. The summed E-state index contributed by atoms with van der Waals surface area (Å²) in [5.41, 5.74) is 1.11. The summed E-state index contributed by atoms with van der Waals surface area (Å²) in [6.45, 7) is 8.07. The fraction of sp³-hybridized carbons (Fsp3) is 0.643. The van der Waals surface area contributed by atoms with E-state index in [1.54, 1.807) is 6.21 Å². The first-order valence-corrected chi connectivity index (χ1v) is 6.52. The molecule has 2 heterocycles. The summed E-state index contributed by atoms with van der Waals surface area (Å²) in [5, 5.41) is 3.11. The number of ether oxygens (including phenoxy) is 1. The van der Waals surface area contributed by atoms with Crippen LogP contribution in [0.4, 0.5) is 0 Å². The van der Waals surface area contributed by atoms with E-state index < -0.39 is 11.6 Å². The monoisotopic (exact) mass is 264 g/mol. The normalized spacial score (nSPS) is 27.3. The second-order valence-electron chi connectivity index (χ2n) is 6.01. The highest BCUT2D eigenvalue weighted by Gasteiger charge is 2.37. The average Bonchev–Trinajstić information content (AvgIpc) is 2.28. The van der Waals surface area contributed by atoms with Crippen molar-refractivity contribution in [2.75, 3.05) is 13.1 Å². The number of hydrogen-bond acceptors (Lipinski definition) is 5. The van der Waals surface area contributed by atoms with E-state index in [1.807, 2.05) is 27.7 Å². The van der Waals surface area contributed by atoms with Crippen molar-refractivity contribution in [3.63, 3.8) is 0 Å². The van der Waals surface area contributed by atoms with Crippen LogP contribution < -0.4 is 5.32 Å². The number of dihydropyridines is 1. The number of esters is 1. The van der Waals surface area contributed by atoms with Crippen molar-refractivity contribution in [1.29, 1.82) is 0 Å². The number of Topliss-reactive ketones (excluding diaryl/α,β-unsaturated/α-hetero) is 1. The molecule has 0 amide bonds. The second kappa shape index (κ2) is 4.89. The zero-order chi connectivity index (χ0) is 14.2. The Hall–Kier alpha value is -1.49. The predicted molar refractivity (Wildman–Crippen MR) is 72.2 cm³/mol. The van der Waals surface area contributed by atoms with E-state index in [2.05, 4.69) is 10.3 Å². The molecule has 1 N–H and O–H groups in total. The minimum atomic E-state index is -0.510. The average molecular weight is 264 g/mol. The summed E-state index contributed by atoms with van der Waals surface area (Å²) < 4.78 is 5.40. The van der Waals surface area contributed by atoms with Crippen LogP contribution in [0.15, 0.2) is 16.1 Å². The lowest BCUT2D eigenvalue weighted by Crippen LogP contribution is -2.51. The van der Waals surface area contributed by atoms with Crippen LogP contribution in [0.25, 0.3) is 0 Å². The molecule has 0 fully saturated rings. The number of hydrogen-bond donors (Lipinski definition) is 1. The summed E-state index contributed by atoms with van der Waals surface area (Å²) in [7, 11) is 0. The largest absolute Gasteiger partial charge is 0.459 e. The minimum Gasteiger partial charge on any atom is -0.459 e. The second-order valence-corrected chi connectivity index (χ2v) is 6.01. The maximum absolute atomic E-state index is 12.1. The van der Waals surface area contributed by atoms with Gasteiger partial charge >= 0.3 is 5.97 Å². The number of carbonyl (C=O) groups is 2. The van der Waals surface area contributed by atoms with Gasteiger partial charge in [0.15, 0.2) is 5.78 Å². The van der Waals surface area contributed by atoms with Crippen molar-refractivity contribution in [2.24, 2.45) is 10.9 Å². The molecule has 0 bridgehead atoms. The van der Waals surface area contributed by atoms with Crippen LogP contribution in [-0.4, -0.2) is 42.7 Å². The molecule has 0 saturated heterocycles. The van der Waals surface area contributed by atoms with Gasteiger partial charge in [-0.3, -0.25) is 19.9 Å². The Morgan fingerprint density at radius 2 is 2.16 bits per heavy atom. The van der Waals surface area contributed by atoms with Gasteiger partial charge in [0.05, 0.1) is 0 Å². The van der Waals surface area contributed by atoms with Gasteiger partial charge in [-0.2, -0.15) is 0 Å². The number of nitrogens with one attached hydrogen (secondary N) is 1. The Morgan fingerprint density at radius 3 is 2.79 bits per heavy atom. The fourth-order valence-corrected chi connectivity index (χ4v) is 2.38. The molecule has 0 aromatic rings. The molecular weight excluding hydrogens is 244 g/mol. The maximum Gasteiger partial charge on any atom is 0.324 e. The molecule has 5 heteroatoms. The van der Waals surface area contributed by atoms with Crippen molar-refractivity contribution in [3.05, 3.63) is 11.1 Å². The first-order chi connectivity index (χ1) is 8.79. The van der Waals surface area contributed by atoms with Crippen molar-refractivity contribution in [3.8, 4) is 0 Å². The first kappa shape index (κ1) is 13.9. The van der Waals surface area contributed by atoms with E-state index in [9.17, 15) is 9.59 Å². The minimum absolute atomic E-state index is 0.0412. The van der Waals surface area contributed by atoms with Crippen LogP contribution in [0.1, 0.15) is 27.7 Å². The number of aliphatic imine (C=N–C) groups is 1. The van der Waals surface area contributed by atoms with Crippen LogP contribution in [-0.2, 0) is 14.3 Å². The predicted octanol–water partition coefficient (Wildman–Crippen LogP) is 0.886. The zero-order valence-corrected chi connectivity index (χ0v) is 11.8. The third-order valence-electron chi connectivity index (χ3n) is 3.30. The Kier molecular flexibility index (Phi) is 3.58. The summed E-state index contributed by atoms with van der Waals surface area (Å²) in [4.78, 5) is 27.9. The van der Waals surface area contributed by atoms with Crippen molar-refractivity contribution in [1.82, 2.24) is 5.32 Å². The lowest BCUT2D eigenvalue weighted by molar-refractivity contribution is -0.158. The third kappa shape index (κ3) is 2.92. The highest BCUT2D eigenvalue weighted by atomic mass is 16.6. The molecule has 5 nitrogen and oxygen atoms in total. The van der Waals surface area contributed by atoms with E-state index in [4.69, 9.17) is 4.74 Å². The highest BCUT2D eigenvalue weighted by molar-refractivity contribution is 6.07. The van der Waals surface area contributed by atoms with Gasteiger partial charge in [-0.05, 0) is 26.3 Å². The summed E-state index contributed by atoms with van der Waals surface area (Å²) >= 11 is 0. The molecule has 0 aromatic carbocycles. The molecule has 2 aliphatic rings. The highest BCUT2D eigenvalue weighted by Crippen LogP contribution is 2.26. The molecule has 2 rings (SSSR count). The Morgan fingerprint density at radius 1 is 1.47 bits per heavy atom. The van der Waals surface area contributed by atoms with Crippen LogP contribution in [0.5, 0.6) is 0 Å². The SMILES string of the molecule is CC1C2=C(CNC1C(=O)OC(C)(C)C)C(=O)CN=C2. The van der Waals surface area contributed by atoms with Crippen molar-refractivity contribution in [2.45, 2.75) is 39.3 Å². The molecule has 19 heavy (non-hydrogen) atoms. The van der Waals surface area contributed by atoms with Gasteiger partial charge in [0.25, 0.3) is 0 Å². The number of rotatable bonds is 1. The number of ketones is 1. The molecule has 104 valence electrons. The van der Waals surface area contributed by atoms with E-state index in [1.165, 1.54) is 0 Å². The third-order valence-corrected chi connectivity index (χ3v) is 3.30. The van der Waals surface area contributed by atoms with Gasteiger partial charge in [0.2, 0.25) is 0 Å². The van der Waals surface area contributed by atoms with E-state index in [-0.39, 0.29) is 24.2 Å². The van der Waals surface area contributed by atoms with Crippen LogP contribution in [0.2, 0.25) is 0 Å². The quantitative estimate of drug-likeness (QED) is 0.714. The van der Waals surface area contributed by atoms with Crippen molar-refractivity contribution < 1.29 is 14.3 Å². The zero-order valence-electron chi connectivity index (χ0n) is 11.8. The van der Waals surface area contributed by atoms with Gasteiger partial charge in [0, 0.05) is 24.3 Å². The number of nitrogens with zero attached hydrogens (tertiary/aromatic N) is 1. The van der Waals surface area contributed by atoms with Crippen LogP contribution in [0, 0.1) is 5.92 Å². The maximum atomic E-state index is 12.1.